The summed E-state index contributed by atoms with van der Waals surface area (Å²) in [5.41, 5.74) is 4.61. The molecule has 0 fully saturated rings. The predicted molar refractivity (Wildman–Crippen MR) is 104 cm³/mol. The van der Waals surface area contributed by atoms with Gasteiger partial charge in [-0.15, -0.1) is 0 Å². The number of aromatic nitrogens is 1. The standard InChI is InChI=1S/C22H19N3O2/c1-14-6-4-8-19(16(14)3)21(26)25-20-10-9-18(12-15(20)2)27-22-17(13-23)7-5-11-24-22/h4-12H,1-3H3,(H,25,26). The Morgan fingerprint density at radius 2 is 1.89 bits per heavy atom. The minimum absolute atomic E-state index is 0.149. The number of nitriles is 1. The third kappa shape index (κ3) is 3.96. The molecule has 0 spiro atoms. The zero-order valence-corrected chi connectivity index (χ0v) is 15.4. The first-order valence-corrected chi connectivity index (χ1v) is 8.51. The van der Waals surface area contributed by atoms with Crippen molar-refractivity contribution in [3.63, 3.8) is 0 Å². The Balaban J connectivity index is 1.80. The van der Waals surface area contributed by atoms with Crippen molar-refractivity contribution in [2.75, 3.05) is 5.32 Å². The van der Waals surface area contributed by atoms with Gasteiger partial charge in [-0.1, -0.05) is 12.1 Å². The summed E-state index contributed by atoms with van der Waals surface area (Å²) in [4.78, 5) is 16.7. The number of nitrogens with zero attached hydrogens (tertiary/aromatic N) is 2. The van der Waals surface area contributed by atoms with Crippen LogP contribution in [0, 0.1) is 32.1 Å². The topological polar surface area (TPSA) is 75.0 Å². The molecule has 0 unspecified atom stereocenters. The molecule has 0 radical (unpaired) electrons. The number of hydrogen-bond acceptors (Lipinski definition) is 4. The van der Waals surface area contributed by atoms with Crippen LogP contribution >= 0.6 is 0 Å². The molecule has 0 aliphatic rings. The van der Waals surface area contributed by atoms with Gasteiger partial charge in [0.15, 0.2) is 0 Å². The molecular formula is C22H19N3O2. The molecule has 5 heteroatoms. The Hall–Kier alpha value is -3.65. The number of aryl methyl sites for hydroxylation is 2. The SMILES string of the molecule is Cc1cc(Oc2ncccc2C#N)ccc1NC(=O)c1cccc(C)c1C. The van der Waals surface area contributed by atoms with E-state index in [1.54, 1.807) is 36.5 Å². The van der Waals surface area contributed by atoms with Crippen molar-refractivity contribution in [1.82, 2.24) is 4.98 Å². The Morgan fingerprint density at radius 1 is 1.07 bits per heavy atom. The number of carbonyl (C=O) groups excluding carboxylic acids is 1. The molecule has 0 aliphatic carbocycles. The van der Waals surface area contributed by atoms with E-state index in [9.17, 15) is 4.79 Å². The van der Waals surface area contributed by atoms with Crippen LogP contribution in [0.2, 0.25) is 0 Å². The maximum atomic E-state index is 12.6. The number of rotatable bonds is 4. The molecule has 0 saturated carbocycles. The van der Waals surface area contributed by atoms with Gasteiger partial charge in [0, 0.05) is 17.4 Å². The van der Waals surface area contributed by atoms with E-state index in [0.717, 1.165) is 16.7 Å². The van der Waals surface area contributed by atoms with Crippen molar-refractivity contribution in [2.24, 2.45) is 0 Å². The maximum Gasteiger partial charge on any atom is 0.255 e. The van der Waals surface area contributed by atoms with Gasteiger partial charge in [0.25, 0.3) is 5.91 Å². The molecule has 0 atom stereocenters. The van der Waals surface area contributed by atoms with Crippen LogP contribution in [0.3, 0.4) is 0 Å². The first kappa shape index (κ1) is 18.2. The maximum absolute atomic E-state index is 12.6. The molecule has 1 heterocycles. The average Bonchev–Trinajstić information content (AvgIpc) is 2.66. The van der Waals surface area contributed by atoms with E-state index in [4.69, 9.17) is 10.00 Å². The number of nitrogens with one attached hydrogen (secondary N) is 1. The molecule has 1 aromatic heterocycles. The Kier molecular flexibility index (Phi) is 5.18. The van der Waals surface area contributed by atoms with Gasteiger partial charge < -0.3 is 10.1 Å². The lowest BCUT2D eigenvalue weighted by Crippen LogP contribution is -2.14. The third-order valence-corrected chi connectivity index (χ3v) is 4.40. The molecule has 0 aliphatic heterocycles. The van der Waals surface area contributed by atoms with Crippen molar-refractivity contribution in [3.8, 4) is 17.7 Å². The van der Waals surface area contributed by atoms with E-state index >= 15 is 0 Å². The fraction of sp³-hybridized carbons (Fsp3) is 0.136. The summed E-state index contributed by atoms with van der Waals surface area (Å²) in [6.45, 7) is 5.81. The van der Waals surface area contributed by atoms with Crippen LogP contribution in [0.15, 0.2) is 54.7 Å². The van der Waals surface area contributed by atoms with Crippen LogP contribution in [-0.4, -0.2) is 10.9 Å². The molecule has 0 bridgehead atoms. The second-order valence-corrected chi connectivity index (χ2v) is 6.25. The Morgan fingerprint density at radius 3 is 2.63 bits per heavy atom. The van der Waals surface area contributed by atoms with Crippen molar-refractivity contribution in [1.29, 1.82) is 5.26 Å². The van der Waals surface area contributed by atoms with Crippen LogP contribution < -0.4 is 10.1 Å². The molecule has 134 valence electrons. The molecule has 2 aromatic carbocycles. The monoisotopic (exact) mass is 357 g/mol. The highest BCUT2D eigenvalue weighted by molar-refractivity contribution is 6.05. The summed E-state index contributed by atoms with van der Waals surface area (Å²) >= 11 is 0. The smallest absolute Gasteiger partial charge is 0.255 e. The number of amides is 1. The number of ether oxygens (including phenoxy) is 1. The summed E-state index contributed by atoms with van der Waals surface area (Å²) in [5.74, 6) is 0.656. The van der Waals surface area contributed by atoms with Gasteiger partial charge in [0.2, 0.25) is 5.88 Å². The van der Waals surface area contributed by atoms with Crippen LogP contribution in [0.25, 0.3) is 0 Å². The number of benzene rings is 2. The lowest BCUT2D eigenvalue weighted by molar-refractivity contribution is 0.102. The fourth-order valence-corrected chi connectivity index (χ4v) is 2.70. The van der Waals surface area contributed by atoms with Gasteiger partial charge in [-0.25, -0.2) is 4.98 Å². The summed E-state index contributed by atoms with van der Waals surface area (Å²) in [5, 5.41) is 12.1. The van der Waals surface area contributed by atoms with Gasteiger partial charge in [-0.05, 0) is 73.9 Å². The molecule has 0 saturated heterocycles. The van der Waals surface area contributed by atoms with Gasteiger partial charge in [-0.3, -0.25) is 4.79 Å². The largest absolute Gasteiger partial charge is 0.438 e. The number of anilines is 1. The minimum atomic E-state index is -0.149. The predicted octanol–water partition coefficient (Wildman–Crippen LogP) is 4.92. The lowest BCUT2D eigenvalue weighted by atomic mass is 10.0. The van der Waals surface area contributed by atoms with Gasteiger partial charge in [-0.2, -0.15) is 5.26 Å². The Labute approximate surface area is 158 Å². The normalized spacial score (nSPS) is 10.1. The van der Waals surface area contributed by atoms with Gasteiger partial charge >= 0.3 is 0 Å². The van der Waals surface area contributed by atoms with Crippen LogP contribution in [0.4, 0.5) is 5.69 Å². The lowest BCUT2D eigenvalue weighted by Gasteiger charge is -2.13. The molecule has 27 heavy (non-hydrogen) atoms. The average molecular weight is 357 g/mol. The first-order valence-electron chi connectivity index (χ1n) is 8.51. The van der Waals surface area contributed by atoms with Crippen molar-refractivity contribution in [3.05, 3.63) is 82.5 Å². The van der Waals surface area contributed by atoms with E-state index in [2.05, 4.69) is 16.4 Å². The third-order valence-electron chi connectivity index (χ3n) is 4.40. The summed E-state index contributed by atoms with van der Waals surface area (Å²) in [7, 11) is 0. The van der Waals surface area contributed by atoms with E-state index in [1.165, 1.54) is 0 Å². The summed E-state index contributed by atoms with van der Waals surface area (Å²) in [6, 6.07) is 16.4. The van der Waals surface area contributed by atoms with E-state index < -0.39 is 0 Å². The van der Waals surface area contributed by atoms with E-state index in [0.29, 0.717) is 22.6 Å². The second-order valence-electron chi connectivity index (χ2n) is 6.25. The minimum Gasteiger partial charge on any atom is -0.438 e. The zero-order valence-electron chi connectivity index (χ0n) is 15.4. The highest BCUT2D eigenvalue weighted by Crippen LogP contribution is 2.27. The Bertz CT molecular complexity index is 1050. The molecule has 1 N–H and O–H groups in total. The number of pyridine rings is 1. The van der Waals surface area contributed by atoms with Crippen molar-refractivity contribution < 1.29 is 9.53 Å². The van der Waals surface area contributed by atoms with Crippen molar-refractivity contribution >= 4 is 11.6 Å². The number of carbonyl (C=O) groups is 1. The van der Waals surface area contributed by atoms with Gasteiger partial charge in [0.05, 0.1) is 0 Å². The van der Waals surface area contributed by atoms with Crippen molar-refractivity contribution in [2.45, 2.75) is 20.8 Å². The fourth-order valence-electron chi connectivity index (χ4n) is 2.70. The quantitative estimate of drug-likeness (QED) is 0.719. The molecule has 1 amide bonds. The van der Waals surface area contributed by atoms with Crippen LogP contribution in [-0.2, 0) is 0 Å². The zero-order chi connectivity index (χ0) is 19.4. The highest BCUT2D eigenvalue weighted by Gasteiger charge is 2.12. The number of hydrogen-bond donors (Lipinski definition) is 1. The summed E-state index contributed by atoms with van der Waals surface area (Å²) in [6.07, 6.45) is 1.57. The van der Waals surface area contributed by atoms with Gasteiger partial charge in [0.1, 0.15) is 17.4 Å². The molecule has 5 nitrogen and oxygen atoms in total. The van der Waals surface area contributed by atoms with Crippen LogP contribution in [0.1, 0.15) is 32.6 Å². The van der Waals surface area contributed by atoms with Crippen LogP contribution in [0.5, 0.6) is 11.6 Å². The summed E-state index contributed by atoms with van der Waals surface area (Å²) < 4.78 is 5.71. The molecule has 3 rings (SSSR count). The highest BCUT2D eigenvalue weighted by atomic mass is 16.5. The second kappa shape index (κ2) is 7.71. The molecular weight excluding hydrogens is 338 g/mol. The molecule has 3 aromatic rings. The van der Waals surface area contributed by atoms with E-state index in [-0.39, 0.29) is 11.8 Å². The first-order chi connectivity index (χ1) is 13.0. The van der Waals surface area contributed by atoms with E-state index in [1.807, 2.05) is 39.0 Å².